The van der Waals surface area contributed by atoms with Gasteiger partial charge in [-0.05, 0) is 27.6 Å². The van der Waals surface area contributed by atoms with Gasteiger partial charge in [-0.3, -0.25) is 0 Å². The maximum atomic E-state index is 7.09. The first-order chi connectivity index (χ1) is 5.88. The van der Waals surface area contributed by atoms with Crippen LogP contribution in [0.2, 0.25) is 0 Å². The highest BCUT2D eigenvalue weighted by Gasteiger charge is 1.74. The Bertz CT molecular complexity index is 241. The molecule has 0 nitrogen and oxygen atoms in total. The molecule has 0 amide bonds. The molecule has 0 aromatic carbocycles. The fraction of sp³-hybridized carbons (Fsp3) is 0.400. The SMILES string of the molecule is [2H]C([2H])([2H])/C(C)=C/C=C/C(C)=C/C. The molecule has 0 saturated carbocycles. The lowest BCUT2D eigenvalue weighted by Crippen LogP contribution is -1.64. The highest BCUT2D eigenvalue weighted by molar-refractivity contribution is 5.20. The molecule has 0 unspecified atom stereocenters. The van der Waals surface area contributed by atoms with Gasteiger partial charge in [0.05, 0.1) is 0 Å². The summed E-state index contributed by atoms with van der Waals surface area (Å²) in [6.45, 7) is 3.56. The van der Waals surface area contributed by atoms with Crippen molar-refractivity contribution in [2.45, 2.75) is 27.6 Å². The van der Waals surface area contributed by atoms with Crippen LogP contribution >= 0.6 is 0 Å². The van der Waals surface area contributed by atoms with Crippen LogP contribution in [0.1, 0.15) is 31.7 Å². The normalized spacial score (nSPS) is 20.5. The number of hydrogen-bond acceptors (Lipinski definition) is 0. The van der Waals surface area contributed by atoms with Gasteiger partial charge in [0.2, 0.25) is 0 Å². The van der Waals surface area contributed by atoms with Gasteiger partial charge < -0.3 is 0 Å². The van der Waals surface area contributed by atoms with Gasteiger partial charge in [0, 0.05) is 4.11 Å². The third-order valence-corrected chi connectivity index (χ3v) is 1.16. The second-order valence-electron chi connectivity index (χ2n) is 2.24. The van der Waals surface area contributed by atoms with E-state index in [1.54, 1.807) is 19.1 Å². The monoisotopic (exact) mass is 139 g/mol. The summed E-state index contributed by atoms with van der Waals surface area (Å²) in [6.07, 6.45) is 7.24. The molecule has 0 heteroatoms. The van der Waals surface area contributed by atoms with Gasteiger partial charge in [-0.2, -0.15) is 0 Å². The third-order valence-electron chi connectivity index (χ3n) is 1.16. The topological polar surface area (TPSA) is 0 Å². The predicted molar refractivity (Wildman–Crippen MR) is 48.0 cm³/mol. The number of allylic oxidation sites excluding steroid dienone is 6. The van der Waals surface area contributed by atoms with E-state index in [2.05, 4.69) is 0 Å². The Morgan fingerprint density at radius 1 is 1.40 bits per heavy atom. The average molecular weight is 139 g/mol. The highest BCUT2D eigenvalue weighted by Crippen LogP contribution is 1.95. The van der Waals surface area contributed by atoms with Gasteiger partial charge >= 0.3 is 0 Å². The minimum Gasteiger partial charge on any atom is -0.0847 e. The lowest BCUT2D eigenvalue weighted by Gasteiger charge is -1.85. The summed E-state index contributed by atoms with van der Waals surface area (Å²) < 4.78 is 21.3. The Balaban J connectivity index is 4.37. The van der Waals surface area contributed by atoms with E-state index in [4.69, 9.17) is 4.11 Å². The van der Waals surface area contributed by atoms with Gasteiger partial charge in [0.1, 0.15) is 0 Å². The van der Waals surface area contributed by atoms with Crippen molar-refractivity contribution in [3.63, 3.8) is 0 Å². The van der Waals surface area contributed by atoms with E-state index in [-0.39, 0.29) is 0 Å². The van der Waals surface area contributed by atoms with Crippen LogP contribution in [-0.2, 0) is 0 Å². The molecule has 10 heavy (non-hydrogen) atoms. The van der Waals surface area contributed by atoms with Crippen molar-refractivity contribution in [1.29, 1.82) is 0 Å². The molecule has 0 rings (SSSR count). The average Bonchev–Trinajstić information content (AvgIpc) is 2.02. The summed E-state index contributed by atoms with van der Waals surface area (Å²) in [4.78, 5) is 0. The van der Waals surface area contributed by atoms with Gasteiger partial charge in [-0.1, -0.05) is 35.5 Å². The van der Waals surface area contributed by atoms with Crippen molar-refractivity contribution in [1.82, 2.24) is 0 Å². The molecule has 0 radical (unpaired) electrons. The summed E-state index contributed by atoms with van der Waals surface area (Å²) in [5.74, 6) is 0. The summed E-state index contributed by atoms with van der Waals surface area (Å²) >= 11 is 0. The summed E-state index contributed by atoms with van der Waals surface area (Å²) in [5.41, 5.74) is 1.53. The molecule has 0 heterocycles. The lowest BCUT2D eigenvalue weighted by atomic mass is 10.2. The van der Waals surface area contributed by atoms with Gasteiger partial charge in [-0.15, -0.1) is 0 Å². The minimum atomic E-state index is -1.96. The van der Waals surface area contributed by atoms with Crippen molar-refractivity contribution >= 4 is 0 Å². The molecule has 0 atom stereocenters. The Labute approximate surface area is 68.2 Å². The molecule has 56 valence electrons. The molecule has 0 aliphatic rings. The van der Waals surface area contributed by atoms with Crippen LogP contribution in [-0.4, -0.2) is 0 Å². The molecule has 0 aliphatic heterocycles. The van der Waals surface area contributed by atoms with Crippen LogP contribution in [0.15, 0.2) is 35.5 Å². The van der Waals surface area contributed by atoms with Crippen molar-refractivity contribution in [3.05, 3.63) is 35.5 Å². The third kappa shape index (κ3) is 5.36. The van der Waals surface area contributed by atoms with Crippen LogP contribution < -0.4 is 0 Å². The van der Waals surface area contributed by atoms with Crippen molar-refractivity contribution in [2.24, 2.45) is 0 Å². The fourth-order valence-corrected chi connectivity index (χ4v) is 0.440. The van der Waals surface area contributed by atoms with Crippen molar-refractivity contribution in [3.8, 4) is 0 Å². The predicted octanol–water partition coefficient (Wildman–Crippen LogP) is 3.48. The maximum Gasteiger partial charge on any atom is 0.0276 e. The zero-order chi connectivity index (χ0) is 10.5. The molecule has 0 N–H and O–H groups in total. The fourth-order valence-electron chi connectivity index (χ4n) is 0.440. The minimum absolute atomic E-state index is 0.410. The zero-order valence-corrected chi connectivity index (χ0v) is 6.81. The Morgan fingerprint density at radius 2 is 2.10 bits per heavy atom. The first kappa shape index (κ1) is 4.95. The molecular weight excluding hydrogens is 120 g/mol. The molecular formula is C10H16. The molecule has 0 aromatic rings. The largest absolute Gasteiger partial charge is 0.0847 e. The number of hydrogen-bond donors (Lipinski definition) is 0. The van der Waals surface area contributed by atoms with E-state index in [0.717, 1.165) is 5.57 Å². The van der Waals surface area contributed by atoms with E-state index in [9.17, 15) is 0 Å². The lowest BCUT2D eigenvalue weighted by molar-refractivity contribution is 1.39. The van der Waals surface area contributed by atoms with Crippen molar-refractivity contribution in [2.75, 3.05) is 0 Å². The molecule has 0 bridgehead atoms. The van der Waals surface area contributed by atoms with Crippen LogP contribution in [0.3, 0.4) is 0 Å². The summed E-state index contributed by atoms with van der Waals surface area (Å²) in [5, 5.41) is 0. The second kappa shape index (κ2) is 5.04. The van der Waals surface area contributed by atoms with Crippen LogP contribution in [0.5, 0.6) is 0 Å². The van der Waals surface area contributed by atoms with E-state index in [0.29, 0.717) is 5.57 Å². The summed E-state index contributed by atoms with van der Waals surface area (Å²) in [6, 6.07) is 0. The summed E-state index contributed by atoms with van der Waals surface area (Å²) in [7, 11) is 0. The van der Waals surface area contributed by atoms with E-state index < -0.39 is 6.85 Å². The first-order valence-electron chi connectivity index (χ1n) is 4.86. The van der Waals surface area contributed by atoms with Crippen LogP contribution in [0.4, 0.5) is 0 Å². The Morgan fingerprint density at radius 3 is 2.60 bits per heavy atom. The van der Waals surface area contributed by atoms with E-state index >= 15 is 0 Å². The standard InChI is InChI=1S/C10H16/c1-5-10(4)8-6-7-9(2)3/h5-8H,1-4H3/b8-6+,10-5+/i2D3/b8-6+,9-7-,10-5+. The van der Waals surface area contributed by atoms with Gasteiger partial charge in [0.25, 0.3) is 0 Å². The molecule has 0 saturated heterocycles. The molecule has 0 aromatic heterocycles. The van der Waals surface area contributed by atoms with Crippen molar-refractivity contribution < 1.29 is 4.11 Å². The van der Waals surface area contributed by atoms with E-state index in [1.165, 1.54) is 0 Å². The van der Waals surface area contributed by atoms with Gasteiger partial charge in [-0.25, -0.2) is 0 Å². The Hall–Kier alpha value is -0.780. The Kier molecular flexibility index (Phi) is 2.49. The zero-order valence-electron chi connectivity index (χ0n) is 9.81. The van der Waals surface area contributed by atoms with Crippen LogP contribution in [0, 0.1) is 0 Å². The quantitative estimate of drug-likeness (QED) is 0.514. The first-order valence-corrected chi connectivity index (χ1v) is 3.36. The molecule has 0 spiro atoms. The highest BCUT2D eigenvalue weighted by atomic mass is 13.8. The maximum absolute atomic E-state index is 7.09. The van der Waals surface area contributed by atoms with Gasteiger partial charge in [0.15, 0.2) is 0 Å². The molecule has 0 fully saturated rings. The second-order valence-corrected chi connectivity index (χ2v) is 2.24. The molecule has 0 aliphatic carbocycles. The van der Waals surface area contributed by atoms with E-state index in [1.807, 2.05) is 26.0 Å². The van der Waals surface area contributed by atoms with Crippen LogP contribution in [0.25, 0.3) is 0 Å². The number of rotatable bonds is 2. The smallest absolute Gasteiger partial charge is 0.0276 e.